The van der Waals surface area contributed by atoms with Crippen molar-refractivity contribution in [2.75, 3.05) is 19.4 Å². The van der Waals surface area contributed by atoms with Gasteiger partial charge in [-0.15, -0.1) is 0 Å². The van der Waals surface area contributed by atoms with E-state index in [2.05, 4.69) is 5.32 Å². The standard InChI is InChI=1S/C13H16N2O5S/c1-9-4-5-10(21(19,20)15(2)3)8-11(9)14-12(16)6-7-13(17)18/h4-8H,1-3H3,(H,14,16)(H,17,18)/b7-6+. The van der Waals surface area contributed by atoms with Gasteiger partial charge in [0, 0.05) is 31.9 Å². The van der Waals surface area contributed by atoms with Crippen molar-refractivity contribution in [3.8, 4) is 0 Å². The Hall–Kier alpha value is -2.19. The summed E-state index contributed by atoms with van der Waals surface area (Å²) in [5, 5.41) is 10.9. The first-order chi connectivity index (χ1) is 9.64. The molecule has 0 aliphatic heterocycles. The number of hydrogen-bond acceptors (Lipinski definition) is 4. The van der Waals surface area contributed by atoms with Gasteiger partial charge in [-0.05, 0) is 24.6 Å². The zero-order valence-corrected chi connectivity index (χ0v) is 12.6. The number of carboxylic acid groups (broad SMARTS) is 1. The second kappa shape index (κ2) is 6.51. The maximum absolute atomic E-state index is 12.0. The van der Waals surface area contributed by atoms with Crippen LogP contribution in [-0.2, 0) is 19.6 Å². The van der Waals surface area contributed by atoms with Crippen molar-refractivity contribution >= 4 is 27.6 Å². The summed E-state index contributed by atoms with van der Waals surface area (Å²) in [6, 6.07) is 4.33. The summed E-state index contributed by atoms with van der Waals surface area (Å²) in [5.74, 6) is -1.90. The fourth-order valence-corrected chi connectivity index (χ4v) is 2.36. The van der Waals surface area contributed by atoms with Gasteiger partial charge >= 0.3 is 5.97 Å². The molecule has 0 aromatic heterocycles. The maximum atomic E-state index is 12.0. The summed E-state index contributed by atoms with van der Waals surface area (Å²) in [4.78, 5) is 21.9. The second-order valence-corrected chi connectivity index (χ2v) is 6.58. The number of aliphatic carboxylic acids is 1. The van der Waals surface area contributed by atoms with E-state index in [1.54, 1.807) is 13.0 Å². The number of benzene rings is 1. The Balaban J connectivity index is 3.10. The molecule has 0 aliphatic carbocycles. The number of carbonyl (C=O) groups is 2. The summed E-state index contributed by atoms with van der Waals surface area (Å²) in [6.45, 7) is 1.70. The molecule has 0 atom stereocenters. The molecule has 21 heavy (non-hydrogen) atoms. The fourth-order valence-electron chi connectivity index (χ4n) is 1.43. The van der Waals surface area contributed by atoms with E-state index >= 15 is 0 Å². The van der Waals surface area contributed by atoms with Crippen LogP contribution in [0, 0.1) is 6.92 Å². The van der Waals surface area contributed by atoms with E-state index in [1.165, 1.54) is 26.2 Å². The van der Waals surface area contributed by atoms with Crippen LogP contribution in [0.5, 0.6) is 0 Å². The van der Waals surface area contributed by atoms with Crippen LogP contribution in [0.3, 0.4) is 0 Å². The molecule has 0 saturated heterocycles. The van der Waals surface area contributed by atoms with Crippen LogP contribution in [0.4, 0.5) is 5.69 Å². The van der Waals surface area contributed by atoms with Gasteiger partial charge < -0.3 is 10.4 Å². The molecule has 2 N–H and O–H groups in total. The van der Waals surface area contributed by atoms with E-state index in [0.29, 0.717) is 17.3 Å². The lowest BCUT2D eigenvalue weighted by Crippen LogP contribution is -2.22. The quantitative estimate of drug-likeness (QED) is 0.784. The lowest BCUT2D eigenvalue weighted by molar-refractivity contribution is -0.131. The Labute approximate surface area is 122 Å². The first-order valence-corrected chi connectivity index (χ1v) is 7.34. The fraction of sp³-hybridized carbons (Fsp3) is 0.231. The SMILES string of the molecule is Cc1ccc(S(=O)(=O)N(C)C)cc1NC(=O)/C=C/C(=O)O. The Bertz CT molecular complexity index is 693. The smallest absolute Gasteiger partial charge is 0.328 e. The van der Waals surface area contributed by atoms with Crippen LogP contribution in [0.2, 0.25) is 0 Å². The topological polar surface area (TPSA) is 104 Å². The van der Waals surface area contributed by atoms with E-state index in [-0.39, 0.29) is 4.90 Å². The number of hydrogen-bond donors (Lipinski definition) is 2. The number of sulfonamides is 1. The number of nitrogens with zero attached hydrogens (tertiary/aromatic N) is 1. The van der Waals surface area contributed by atoms with Crippen LogP contribution in [0.1, 0.15) is 5.56 Å². The zero-order valence-electron chi connectivity index (χ0n) is 11.8. The minimum absolute atomic E-state index is 0.0376. The van der Waals surface area contributed by atoms with E-state index < -0.39 is 21.9 Å². The summed E-state index contributed by atoms with van der Waals surface area (Å²) in [7, 11) is -0.796. The molecular formula is C13H16N2O5S. The van der Waals surface area contributed by atoms with Gasteiger partial charge in [0.25, 0.3) is 0 Å². The number of anilines is 1. The zero-order chi connectivity index (χ0) is 16.2. The van der Waals surface area contributed by atoms with Crippen molar-refractivity contribution in [2.24, 2.45) is 0 Å². The molecular weight excluding hydrogens is 296 g/mol. The number of nitrogens with one attached hydrogen (secondary N) is 1. The molecule has 0 heterocycles. The highest BCUT2D eigenvalue weighted by Crippen LogP contribution is 2.21. The van der Waals surface area contributed by atoms with Gasteiger partial charge in [0.05, 0.1) is 4.90 Å². The Kier molecular flexibility index (Phi) is 5.23. The highest BCUT2D eigenvalue weighted by Gasteiger charge is 2.18. The average molecular weight is 312 g/mol. The minimum atomic E-state index is -3.61. The van der Waals surface area contributed by atoms with Gasteiger partial charge in [-0.2, -0.15) is 0 Å². The van der Waals surface area contributed by atoms with Crippen molar-refractivity contribution in [3.63, 3.8) is 0 Å². The van der Waals surface area contributed by atoms with E-state index in [9.17, 15) is 18.0 Å². The molecule has 0 saturated carbocycles. The summed E-state index contributed by atoms with van der Waals surface area (Å²) >= 11 is 0. The van der Waals surface area contributed by atoms with Gasteiger partial charge in [0.15, 0.2) is 0 Å². The van der Waals surface area contributed by atoms with Crippen molar-refractivity contribution in [1.29, 1.82) is 0 Å². The Morgan fingerprint density at radius 3 is 2.38 bits per heavy atom. The highest BCUT2D eigenvalue weighted by atomic mass is 32.2. The summed E-state index contributed by atoms with van der Waals surface area (Å²) in [6.07, 6.45) is 1.56. The lowest BCUT2D eigenvalue weighted by atomic mass is 10.2. The monoisotopic (exact) mass is 312 g/mol. The van der Waals surface area contributed by atoms with E-state index in [4.69, 9.17) is 5.11 Å². The first kappa shape index (κ1) is 16.9. The molecule has 114 valence electrons. The molecule has 0 fully saturated rings. The molecule has 8 heteroatoms. The van der Waals surface area contributed by atoms with Gasteiger partial charge in [-0.25, -0.2) is 17.5 Å². The molecule has 1 aromatic carbocycles. The number of carboxylic acids is 1. The molecule has 0 bridgehead atoms. The molecule has 1 rings (SSSR count). The van der Waals surface area contributed by atoms with Crippen LogP contribution in [0.25, 0.3) is 0 Å². The van der Waals surface area contributed by atoms with Gasteiger partial charge in [0.2, 0.25) is 15.9 Å². The third kappa shape index (κ3) is 4.40. The van der Waals surface area contributed by atoms with Crippen LogP contribution in [-0.4, -0.2) is 43.8 Å². The normalized spacial score (nSPS) is 11.8. The largest absolute Gasteiger partial charge is 0.478 e. The predicted octanol–water partition coefficient (Wildman–Crippen LogP) is 0.825. The molecule has 0 aliphatic rings. The number of carbonyl (C=O) groups excluding carboxylic acids is 1. The van der Waals surface area contributed by atoms with E-state index in [0.717, 1.165) is 10.4 Å². The van der Waals surface area contributed by atoms with Crippen molar-refractivity contribution < 1.29 is 23.1 Å². The van der Waals surface area contributed by atoms with Crippen LogP contribution >= 0.6 is 0 Å². The van der Waals surface area contributed by atoms with Crippen molar-refractivity contribution in [2.45, 2.75) is 11.8 Å². The lowest BCUT2D eigenvalue weighted by Gasteiger charge is -2.14. The molecule has 1 aromatic rings. The summed E-state index contributed by atoms with van der Waals surface area (Å²) in [5.41, 5.74) is 0.961. The van der Waals surface area contributed by atoms with Crippen LogP contribution in [0.15, 0.2) is 35.2 Å². The number of rotatable bonds is 5. The number of aryl methyl sites for hydroxylation is 1. The molecule has 0 unspecified atom stereocenters. The maximum Gasteiger partial charge on any atom is 0.328 e. The summed E-state index contributed by atoms with van der Waals surface area (Å²) < 4.78 is 25.1. The van der Waals surface area contributed by atoms with Gasteiger partial charge in [0.1, 0.15) is 0 Å². The third-order valence-electron chi connectivity index (χ3n) is 2.62. The van der Waals surface area contributed by atoms with Crippen molar-refractivity contribution in [1.82, 2.24) is 4.31 Å². The van der Waals surface area contributed by atoms with Crippen molar-refractivity contribution in [3.05, 3.63) is 35.9 Å². The average Bonchev–Trinajstić information content (AvgIpc) is 2.38. The molecule has 0 spiro atoms. The van der Waals surface area contributed by atoms with Gasteiger partial charge in [-0.3, -0.25) is 4.79 Å². The second-order valence-electron chi connectivity index (χ2n) is 4.42. The third-order valence-corrected chi connectivity index (χ3v) is 4.43. The predicted molar refractivity (Wildman–Crippen MR) is 77.5 cm³/mol. The molecule has 1 amide bonds. The minimum Gasteiger partial charge on any atom is -0.478 e. The Morgan fingerprint density at radius 1 is 1.24 bits per heavy atom. The Morgan fingerprint density at radius 2 is 1.86 bits per heavy atom. The molecule has 0 radical (unpaired) electrons. The van der Waals surface area contributed by atoms with Gasteiger partial charge in [-0.1, -0.05) is 6.07 Å². The van der Waals surface area contributed by atoms with Crippen LogP contribution < -0.4 is 5.32 Å². The highest BCUT2D eigenvalue weighted by molar-refractivity contribution is 7.89. The first-order valence-electron chi connectivity index (χ1n) is 5.90. The molecule has 7 nitrogen and oxygen atoms in total. The van der Waals surface area contributed by atoms with E-state index in [1.807, 2.05) is 0 Å². The number of amides is 1.